The van der Waals surface area contributed by atoms with E-state index >= 15 is 0 Å². The summed E-state index contributed by atoms with van der Waals surface area (Å²) in [4.78, 5) is 25.9. The van der Waals surface area contributed by atoms with E-state index in [0.717, 1.165) is 0 Å². The summed E-state index contributed by atoms with van der Waals surface area (Å²) in [6.07, 6.45) is 0.141. The number of hydrogen-bond donors (Lipinski definition) is 0. The van der Waals surface area contributed by atoms with Crippen LogP contribution in [0, 0.1) is 5.82 Å². The topological polar surface area (TPSA) is 37.4 Å². The maximum Gasteiger partial charge on any atom is 0.223 e. The summed E-state index contributed by atoms with van der Waals surface area (Å²) in [6, 6.07) is 7.66. The van der Waals surface area contributed by atoms with Crippen molar-refractivity contribution in [3.63, 3.8) is 0 Å². The molecule has 0 aliphatic rings. The highest BCUT2D eigenvalue weighted by Gasteiger charge is 2.16. The lowest BCUT2D eigenvalue weighted by Crippen LogP contribution is -2.27. The largest absolute Gasteiger partial charge is 0.341 e. The van der Waals surface area contributed by atoms with E-state index in [2.05, 4.69) is 0 Å². The number of halogens is 3. The van der Waals surface area contributed by atoms with Crippen molar-refractivity contribution < 1.29 is 14.0 Å². The van der Waals surface area contributed by atoms with Crippen LogP contribution in [0.3, 0.4) is 0 Å². The van der Waals surface area contributed by atoms with E-state index in [1.54, 1.807) is 25.2 Å². The number of Topliss-reactive ketones (excluding diaryl/α,β-unsaturated/α-hetero) is 1. The van der Waals surface area contributed by atoms with Gasteiger partial charge in [0.1, 0.15) is 5.82 Å². The van der Waals surface area contributed by atoms with Gasteiger partial charge in [-0.25, -0.2) is 4.39 Å². The summed E-state index contributed by atoms with van der Waals surface area (Å²) >= 11 is 12.9. The Morgan fingerprint density at radius 2 is 1.91 bits per heavy atom. The molecular formula is C16H14Cl2FNO2S. The first-order valence-corrected chi connectivity index (χ1v) is 8.41. The van der Waals surface area contributed by atoms with E-state index in [9.17, 15) is 14.0 Å². The molecule has 0 bridgehead atoms. The van der Waals surface area contributed by atoms with Crippen LogP contribution < -0.4 is 0 Å². The van der Waals surface area contributed by atoms with Gasteiger partial charge in [0.05, 0.1) is 9.21 Å². The van der Waals surface area contributed by atoms with E-state index in [-0.39, 0.29) is 41.7 Å². The van der Waals surface area contributed by atoms with Crippen LogP contribution in [0.4, 0.5) is 4.39 Å². The van der Waals surface area contributed by atoms with Crippen molar-refractivity contribution in [3.05, 3.63) is 55.9 Å². The molecule has 122 valence electrons. The zero-order chi connectivity index (χ0) is 17.0. The molecule has 2 aromatic rings. The number of rotatable bonds is 6. The summed E-state index contributed by atoms with van der Waals surface area (Å²) in [5.41, 5.74) is 0.265. The number of nitrogens with zero attached hydrogens (tertiary/aromatic N) is 1. The Hall–Kier alpha value is -1.43. The third-order valence-corrected chi connectivity index (χ3v) is 4.92. The third-order valence-electron chi connectivity index (χ3n) is 3.30. The monoisotopic (exact) mass is 373 g/mol. The van der Waals surface area contributed by atoms with Gasteiger partial charge in [0.15, 0.2) is 5.78 Å². The molecule has 0 unspecified atom stereocenters. The maximum atomic E-state index is 13.7. The van der Waals surface area contributed by atoms with E-state index in [0.29, 0.717) is 9.21 Å². The summed E-state index contributed by atoms with van der Waals surface area (Å²) in [5, 5.41) is 0.272. The van der Waals surface area contributed by atoms with Gasteiger partial charge >= 0.3 is 0 Å². The van der Waals surface area contributed by atoms with Gasteiger partial charge in [0.2, 0.25) is 5.91 Å². The molecule has 7 heteroatoms. The molecule has 0 atom stereocenters. The zero-order valence-electron chi connectivity index (χ0n) is 12.3. The molecule has 2 rings (SSSR count). The van der Waals surface area contributed by atoms with Crippen LogP contribution in [0.25, 0.3) is 0 Å². The van der Waals surface area contributed by atoms with E-state index in [4.69, 9.17) is 23.2 Å². The Balaban J connectivity index is 1.91. The minimum Gasteiger partial charge on any atom is -0.341 e. The van der Waals surface area contributed by atoms with Crippen molar-refractivity contribution in [3.8, 4) is 0 Å². The second-order valence-corrected chi connectivity index (χ2v) is 7.10. The third kappa shape index (κ3) is 4.77. The first-order valence-electron chi connectivity index (χ1n) is 6.84. The van der Waals surface area contributed by atoms with Crippen LogP contribution in [-0.2, 0) is 11.3 Å². The number of thiophene rings is 1. The Bertz CT molecular complexity index is 712. The predicted molar refractivity (Wildman–Crippen MR) is 90.8 cm³/mol. The van der Waals surface area contributed by atoms with Crippen molar-refractivity contribution in [2.45, 2.75) is 19.4 Å². The van der Waals surface area contributed by atoms with E-state index in [1.807, 2.05) is 0 Å². The van der Waals surface area contributed by atoms with Crippen molar-refractivity contribution in [2.75, 3.05) is 7.05 Å². The summed E-state index contributed by atoms with van der Waals surface area (Å²) in [7, 11) is 1.55. The van der Waals surface area contributed by atoms with Crippen LogP contribution >= 0.6 is 34.5 Å². The Kier molecular flexibility index (Phi) is 6.16. The molecule has 0 radical (unpaired) electrons. The van der Waals surface area contributed by atoms with Gasteiger partial charge in [0.25, 0.3) is 0 Å². The molecule has 0 aliphatic carbocycles. The van der Waals surface area contributed by atoms with Gasteiger partial charge < -0.3 is 4.90 Å². The fraction of sp³-hybridized carbons (Fsp3) is 0.250. The lowest BCUT2D eigenvalue weighted by atomic mass is 10.1. The molecule has 1 amide bonds. The summed E-state index contributed by atoms with van der Waals surface area (Å²) in [6.45, 7) is 0.0589. The number of ketones is 1. The molecule has 0 N–H and O–H groups in total. The second kappa shape index (κ2) is 7.90. The highest BCUT2D eigenvalue weighted by Crippen LogP contribution is 2.23. The van der Waals surface area contributed by atoms with Gasteiger partial charge in [0, 0.05) is 37.0 Å². The van der Waals surface area contributed by atoms with Crippen molar-refractivity contribution >= 4 is 46.2 Å². The summed E-state index contributed by atoms with van der Waals surface area (Å²) in [5.74, 6) is -0.839. The predicted octanol–water partition coefficient (Wildman–Crippen LogP) is 4.82. The molecule has 0 fully saturated rings. The highest BCUT2D eigenvalue weighted by atomic mass is 35.5. The lowest BCUT2D eigenvalue weighted by molar-refractivity contribution is -0.130. The van der Waals surface area contributed by atoms with Gasteiger partial charge in [-0.05, 0) is 24.3 Å². The zero-order valence-corrected chi connectivity index (χ0v) is 14.6. The SMILES string of the molecule is CN(Cc1c(F)cccc1Cl)C(=O)CCC(=O)c1ccc(Cl)s1. The molecule has 0 saturated carbocycles. The first-order chi connectivity index (χ1) is 10.9. The average Bonchev–Trinajstić information content (AvgIpc) is 2.94. The Morgan fingerprint density at radius 1 is 1.17 bits per heavy atom. The smallest absolute Gasteiger partial charge is 0.223 e. The first kappa shape index (κ1) is 17.9. The van der Waals surface area contributed by atoms with E-state index < -0.39 is 5.82 Å². The van der Waals surface area contributed by atoms with Crippen LogP contribution in [0.1, 0.15) is 28.1 Å². The van der Waals surface area contributed by atoms with Gasteiger partial charge in [-0.3, -0.25) is 9.59 Å². The fourth-order valence-electron chi connectivity index (χ4n) is 2.01. The highest BCUT2D eigenvalue weighted by molar-refractivity contribution is 7.18. The standard InChI is InChI=1S/C16H14Cl2FNO2S/c1-20(9-10-11(17)3-2-4-12(10)19)16(22)8-5-13(21)14-6-7-15(18)23-14/h2-4,6-7H,5,8-9H2,1H3. The van der Waals surface area contributed by atoms with Gasteiger partial charge in [-0.15, -0.1) is 11.3 Å². The fourth-order valence-corrected chi connectivity index (χ4v) is 3.24. The quantitative estimate of drug-likeness (QED) is 0.680. The van der Waals surface area contributed by atoms with Crippen LogP contribution in [0.5, 0.6) is 0 Å². The minimum atomic E-state index is -0.457. The normalized spacial score (nSPS) is 10.6. The number of amides is 1. The Labute approximate surface area is 147 Å². The second-order valence-electron chi connectivity index (χ2n) is 4.98. The molecule has 1 aromatic heterocycles. The minimum absolute atomic E-state index is 0.0525. The molecule has 0 aliphatic heterocycles. The molecule has 1 heterocycles. The van der Waals surface area contributed by atoms with Crippen LogP contribution in [0.15, 0.2) is 30.3 Å². The Morgan fingerprint density at radius 3 is 2.52 bits per heavy atom. The molecular weight excluding hydrogens is 360 g/mol. The molecule has 0 saturated heterocycles. The van der Waals surface area contributed by atoms with Gasteiger partial charge in [-0.2, -0.15) is 0 Å². The van der Waals surface area contributed by atoms with Crippen LogP contribution in [-0.4, -0.2) is 23.6 Å². The number of benzene rings is 1. The van der Waals surface area contributed by atoms with Gasteiger partial charge in [-0.1, -0.05) is 29.3 Å². The number of carbonyl (C=O) groups excluding carboxylic acids is 2. The van der Waals surface area contributed by atoms with Crippen molar-refractivity contribution in [1.82, 2.24) is 4.90 Å². The maximum absolute atomic E-state index is 13.7. The number of hydrogen-bond acceptors (Lipinski definition) is 3. The molecule has 1 aromatic carbocycles. The lowest BCUT2D eigenvalue weighted by Gasteiger charge is -2.18. The van der Waals surface area contributed by atoms with Crippen molar-refractivity contribution in [2.24, 2.45) is 0 Å². The van der Waals surface area contributed by atoms with Crippen molar-refractivity contribution in [1.29, 1.82) is 0 Å². The van der Waals surface area contributed by atoms with Crippen LogP contribution in [0.2, 0.25) is 9.36 Å². The average molecular weight is 374 g/mol. The van der Waals surface area contributed by atoms with E-state index in [1.165, 1.54) is 28.4 Å². The molecule has 3 nitrogen and oxygen atoms in total. The summed E-state index contributed by atoms with van der Waals surface area (Å²) < 4.78 is 14.3. The molecule has 0 spiro atoms. The molecule has 23 heavy (non-hydrogen) atoms. The number of carbonyl (C=O) groups is 2.